The third-order valence-electron chi connectivity index (χ3n) is 2.82. The van der Waals surface area contributed by atoms with Crippen molar-refractivity contribution in [2.75, 3.05) is 18.5 Å². The van der Waals surface area contributed by atoms with Crippen molar-refractivity contribution < 1.29 is 18.3 Å². The quantitative estimate of drug-likeness (QED) is 0.804. The number of benzene rings is 1. The summed E-state index contributed by atoms with van der Waals surface area (Å²) in [6.45, 7) is 5.83. The van der Waals surface area contributed by atoms with E-state index in [9.17, 15) is 13.6 Å². The lowest BCUT2D eigenvalue weighted by molar-refractivity contribution is 0.0816. The number of carbonyl (C=O) groups is 1. The van der Waals surface area contributed by atoms with Crippen molar-refractivity contribution in [2.24, 2.45) is 5.92 Å². The van der Waals surface area contributed by atoms with E-state index in [0.717, 1.165) is 12.0 Å². The molecule has 118 valence electrons. The summed E-state index contributed by atoms with van der Waals surface area (Å²) in [4.78, 5) is 11.7. The summed E-state index contributed by atoms with van der Waals surface area (Å²) < 4.78 is 29.3. The van der Waals surface area contributed by atoms with Gasteiger partial charge in [0.15, 0.2) is 0 Å². The molecule has 0 atom stereocenters. The fourth-order valence-electron chi connectivity index (χ4n) is 1.64. The van der Waals surface area contributed by atoms with Crippen LogP contribution in [0, 0.1) is 12.8 Å². The summed E-state index contributed by atoms with van der Waals surface area (Å²) in [6.07, 6.45) is -1.63. The number of ether oxygens (including phenoxy) is 1. The number of urea groups is 1. The number of anilines is 1. The summed E-state index contributed by atoms with van der Waals surface area (Å²) in [5.41, 5.74) is 1.24. The van der Waals surface area contributed by atoms with Gasteiger partial charge in [0.25, 0.3) is 6.43 Å². The Kier molecular flexibility index (Phi) is 6.91. The van der Waals surface area contributed by atoms with Gasteiger partial charge in [-0.25, -0.2) is 13.6 Å². The molecule has 1 aromatic rings. The average Bonchev–Trinajstić information content (AvgIpc) is 2.38. The second kappa shape index (κ2) is 8.44. The van der Waals surface area contributed by atoms with Gasteiger partial charge < -0.3 is 15.4 Å². The molecular weight excluding hydrogens is 278 g/mol. The molecule has 21 heavy (non-hydrogen) atoms. The number of carbonyl (C=O) groups excluding carboxylic acids is 1. The highest BCUT2D eigenvalue weighted by atomic mass is 19.3. The van der Waals surface area contributed by atoms with E-state index in [1.807, 2.05) is 0 Å². The van der Waals surface area contributed by atoms with E-state index in [-0.39, 0.29) is 6.03 Å². The molecule has 1 rings (SSSR count). The summed E-state index contributed by atoms with van der Waals surface area (Å²) in [5.74, 6) is 0.856. The van der Waals surface area contributed by atoms with Crippen molar-refractivity contribution in [1.82, 2.24) is 5.32 Å². The molecule has 4 nitrogen and oxygen atoms in total. The first kappa shape index (κ1) is 17.2. The molecule has 6 heteroatoms. The zero-order valence-corrected chi connectivity index (χ0v) is 12.6. The number of aryl methyl sites for hydroxylation is 1. The molecule has 2 amide bonds. The van der Waals surface area contributed by atoms with Gasteiger partial charge >= 0.3 is 6.03 Å². The lowest BCUT2D eigenvalue weighted by Crippen LogP contribution is -2.30. The normalized spacial score (nSPS) is 10.8. The Morgan fingerprint density at radius 1 is 1.33 bits per heavy atom. The van der Waals surface area contributed by atoms with Gasteiger partial charge in [0.1, 0.15) is 12.4 Å². The lowest BCUT2D eigenvalue weighted by atomic mass is 10.1. The lowest BCUT2D eigenvalue weighted by Gasteiger charge is -2.12. The molecule has 0 aliphatic carbocycles. The average molecular weight is 300 g/mol. The van der Waals surface area contributed by atoms with Gasteiger partial charge in [-0.2, -0.15) is 0 Å². The van der Waals surface area contributed by atoms with Gasteiger partial charge in [-0.3, -0.25) is 0 Å². The highest BCUT2D eigenvalue weighted by molar-refractivity contribution is 5.89. The molecule has 0 fully saturated rings. The van der Waals surface area contributed by atoms with Crippen LogP contribution in [0.3, 0.4) is 0 Å². The first-order chi connectivity index (χ1) is 9.88. The number of alkyl halides is 2. The Labute approximate surface area is 123 Å². The molecule has 0 saturated carbocycles. The van der Waals surface area contributed by atoms with E-state index < -0.39 is 13.0 Å². The molecule has 0 bridgehead atoms. The summed E-state index contributed by atoms with van der Waals surface area (Å²) >= 11 is 0. The zero-order chi connectivity index (χ0) is 15.8. The van der Waals surface area contributed by atoms with Crippen LogP contribution in [0.2, 0.25) is 0 Å². The second-order valence-electron chi connectivity index (χ2n) is 5.25. The van der Waals surface area contributed by atoms with Crippen molar-refractivity contribution in [3.8, 4) is 5.75 Å². The monoisotopic (exact) mass is 300 g/mol. The first-order valence-corrected chi connectivity index (χ1v) is 6.95. The van der Waals surface area contributed by atoms with Crippen LogP contribution < -0.4 is 15.4 Å². The van der Waals surface area contributed by atoms with Gasteiger partial charge in [0, 0.05) is 18.3 Å². The first-order valence-electron chi connectivity index (χ1n) is 6.95. The topological polar surface area (TPSA) is 50.4 Å². The predicted molar refractivity (Wildman–Crippen MR) is 79.2 cm³/mol. The van der Waals surface area contributed by atoms with Gasteiger partial charge in [-0.05, 0) is 30.9 Å². The molecule has 2 N–H and O–H groups in total. The van der Waals surface area contributed by atoms with Crippen LogP contribution in [0.25, 0.3) is 0 Å². The van der Waals surface area contributed by atoms with E-state index >= 15 is 0 Å². The van der Waals surface area contributed by atoms with E-state index in [4.69, 9.17) is 4.74 Å². The smallest absolute Gasteiger partial charge is 0.319 e. The fraction of sp³-hybridized carbons (Fsp3) is 0.533. The maximum Gasteiger partial charge on any atom is 0.319 e. The molecule has 0 aliphatic heterocycles. The Morgan fingerprint density at radius 3 is 2.67 bits per heavy atom. The van der Waals surface area contributed by atoms with Crippen LogP contribution in [0.1, 0.15) is 25.8 Å². The molecule has 1 aromatic carbocycles. The molecule has 0 aliphatic rings. The Balaban J connectivity index is 2.54. The Morgan fingerprint density at radius 2 is 2.05 bits per heavy atom. The second-order valence-corrected chi connectivity index (χ2v) is 5.25. The number of hydrogen-bond acceptors (Lipinski definition) is 2. The van der Waals surface area contributed by atoms with Crippen LogP contribution >= 0.6 is 0 Å². The van der Waals surface area contributed by atoms with Crippen LogP contribution in [-0.4, -0.2) is 25.6 Å². The Bertz CT molecular complexity index is 465. The van der Waals surface area contributed by atoms with E-state index in [2.05, 4.69) is 24.5 Å². The molecule has 0 spiro atoms. The summed E-state index contributed by atoms with van der Waals surface area (Å²) in [5, 5.41) is 5.39. The highest BCUT2D eigenvalue weighted by Gasteiger charge is 2.08. The van der Waals surface area contributed by atoms with E-state index in [0.29, 0.717) is 23.9 Å². The van der Waals surface area contributed by atoms with Crippen LogP contribution in [0.5, 0.6) is 5.75 Å². The van der Waals surface area contributed by atoms with E-state index in [1.54, 1.807) is 25.1 Å². The molecule has 0 unspecified atom stereocenters. The van der Waals surface area contributed by atoms with Gasteiger partial charge in [-0.1, -0.05) is 19.9 Å². The third kappa shape index (κ3) is 6.92. The minimum Gasteiger partial charge on any atom is -0.487 e. The molecular formula is C15H22F2N2O2. The largest absolute Gasteiger partial charge is 0.487 e. The summed E-state index contributed by atoms with van der Waals surface area (Å²) in [6, 6.07) is 4.64. The third-order valence-corrected chi connectivity index (χ3v) is 2.82. The summed E-state index contributed by atoms with van der Waals surface area (Å²) in [7, 11) is 0. The SMILES string of the molecule is Cc1ccc(NC(=O)NCCC(C)C)cc1OCC(F)F. The maximum absolute atomic E-state index is 12.2. The number of rotatable bonds is 7. The van der Waals surface area contributed by atoms with Crippen LogP contribution in [0.15, 0.2) is 18.2 Å². The van der Waals surface area contributed by atoms with Gasteiger partial charge in [0.2, 0.25) is 0 Å². The highest BCUT2D eigenvalue weighted by Crippen LogP contribution is 2.23. The minimum atomic E-state index is -2.53. The number of hydrogen-bond donors (Lipinski definition) is 2. The minimum absolute atomic E-state index is 0.320. The van der Waals surface area contributed by atoms with Crippen molar-refractivity contribution in [3.05, 3.63) is 23.8 Å². The number of amides is 2. The Hall–Kier alpha value is -1.85. The standard InChI is InChI=1S/C15H22F2N2O2/c1-10(2)6-7-18-15(20)19-12-5-4-11(3)13(8-12)21-9-14(16)17/h4-5,8,10,14H,6-7,9H2,1-3H3,(H2,18,19,20). The van der Waals surface area contributed by atoms with Crippen molar-refractivity contribution in [2.45, 2.75) is 33.6 Å². The molecule has 0 heterocycles. The number of nitrogens with one attached hydrogen (secondary N) is 2. The molecule has 0 saturated heterocycles. The number of halogens is 2. The van der Waals surface area contributed by atoms with E-state index in [1.165, 1.54) is 0 Å². The fourth-order valence-corrected chi connectivity index (χ4v) is 1.64. The molecule has 0 radical (unpaired) electrons. The molecule has 0 aromatic heterocycles. The maximum atomic E-state index is 12.2. The van der Waals surface area contributed by atoms with Crippen molar-refractivity contribution in [1.29, 1.82) is 0 Å². The predicted octanol–water partition coefficient (Wildman–Crippen LogP) is 3.81. The van der Waals surface area contributed by atoms with Crippen LogP contribution in [-0.2, 0) is 0 Å². The van der Waals surface area contributed by atoms with Crippen molar-refractivity contribution >= 4 is 11.7 Å². The van der Waals surface area contributed by atoms with Crippen molar-refractivity contribution in [3.63, 3.8) is 0 Å². The van der Waals surface area contributed by atoms with Gasteiger partial charge in [-0.15, -0.1) is 0 Å². The zero-order valence-electron chi connectivity index (χ0n) is 12.6. The van der Waals surface area contributed by atoms with Gasteiger partial charge in [0.05, 0.1) is 0 Å². The van der Waals surface area contributed by atoms with Crippen LogP contribution in [0.4, 0.5) is 19.3 Å².